The first-order valence-corrected chi connectivity index (χ1v) is 16.4. The number of hydrogen-bond acceptors (Lipinski definition) is 4. The smallest absolute Gasteiger partial charge is 0.164 e. The molecule has 9 heteroatoms. The fourth-order valence-electron chi connectivity index (χ4n) is 6.94. The van der Waals surface area contributed by atoms with Crippen molar-refractivity contribution in [2.75, 3.05) is 0 Å². The molecule has 0 fully saturated rings. The number of fused-ring (bicyclic) bond motifs is 3. The fourth-order valence-corrected chi connectivity index (χ4v) is 6.94. The maximum absolute atomic E-state index is 6.66. The highest BCUT2D eigenvalue weighted by Gasteiger charge is 2.20. The van der Waals surface area contributed by atoms with E-state index in [9.17, 15) is 0 Å². The number of nitrogens with zero attached hydrogens (tertiary/aromatic N) is 3. The number of furan rings is 1. The number of benzene rings is 6. The van der Waals surface area contributed by atoms with Gasteiger partial charge in [-0.3, -0.25) is 0 Å². The van der Waals surface area contributed by atoms with E-state index in [4.69, 9.17) is 19.4 Å². The van der Waals surface area contributed by atoms with Crippen LogP contribution in [0.4, 0.5) is 0 Å². The lowest BCUT2D eigenvalue weighted by atomic mass is 9.59. The van der Waals surface area contributed by atoms with Gasteiger partial charge in [-0.25, -0.2) is 15.0 Å². The van der Waals surface area contributed by atoms with E-state index in [1.807, 2.05) is 72.8 Å². The summed E-state index contributed by atoms with van der Waals surface area (Å²) < 4.78 is 6.66. The Balaban J connectivity index is 1.28. The Hall–Kier alpha value is -5.55. The number of aromatic nitrogens is 3. The van der Waals surface area contributed by atoms with Crippen molar-refractivity contribution in [3.05, 3.63) is 121 Å². The standard InChI is InChI=1S/C39H30B5N3O/c40-31-29(32(41)34(43)35(44)33(31)42)22-19-17-21(18-20-22)25-13-7-14-26-30-27(15-8-16-28(30)48-36(25)26)39-46-37(23-9-3-1-4-10-23)45-38(47-39)24-11-5-2-6-12-24/h1-20H,40-44H2. The molecule has 6 aromatic carbocycles. The summed E-state index contributed by atoms with van der Waals surface area (Å²) in [5, 5.41) is 2.02. The monoisotopic (exact) mass is 611 g/mol. The zero-order chi connectivity index (χ0) is 32.9. The van der Waals surface area contributed by atoms with Gasteiger partial charge in [-0.1, -0.05) is 126 Å². The van der Waals surface area contributed by atoms with Crippen molar-refractivity contribution < 1.29 is 4.42 Å². The molecule has 0 aliphatic carbocycles. The Morgan fingerprint density at radius 2 is 0.896 bits per heavy atom. The summed E-state index contributed by atoms with van der Waals surface area (Å²) in [6.07, 6.45) is 0. The maximum Gasteiger partial charge on any atom is 0.164 e. The highest BCUT2D eigenvalue weighted by molar-refractivity contribution is 6.68. The molecular formula is C39H30B5N3O. The van der Waals surface area contributed by atoms with E-state index in [0.29, 0.717) is 17.5 Å². The molecule has 2 aromatic heterocycles. The van der Waals surface area contributed by atoms with Crippen molar-refractivity contribution in [3.8, 4) is 56.4 Å². The first-order valence-electron chi connectivity index (χ1n) is 16.4. The third-order valence-corrected chi connectivity index (χ3v) is 9.95. The Morgan fingerprint density at radius 1 is 0.396 bits per heavy atom. The van der Waals surface area contributed by atoms with Crippen LogP contribution in [-0.4, -0.2) is 54.2 Å². The average molecular weight is 611 g/mol. The molecular weight excluding hydrogens is 581 g/mol. The van der Waals surface area contributed by atoms with Gasteiger partial charge in [0.25, 0.3) is 0 Å². The molecule has 2 heterocycles. The van der Waals surface area contributed by atoms with Crippen LogP contribution < -0.4 is 27.3 Å². The van der Waals surface area contributed by atoms with Crippen LogP contribution in [0.1, 0.15) is 0 Å². The van der Waals surface area contributed by atoms with E-state index in [-0.39, 0.29) is 0 Å². The predicted molar refractivity (Wildman–Crippen MR) is 215 cm³/mol. The third kappa shape index (κ3) is 4.98. The first kappa shape index (κ1) is 29.8. The van der Waals surface area contributed by atoms with Gasteiger partial charge in [0.1, 0.15) is 50.4 Å². The maximum atomic E-state index is 6.66. The molecule has 0 atom stereocenters. The quantitative estimate of drug-likeness (QED) is 0.277. The second-order valence-corrected chi connectivity index (χ2v) is 12.6. The molecule has 0 unspecified atom stereocenters. The third-order valence-electron chi connectivity index (χ3n) is 9.95. The molecule has 0 bridgehead atoms. The summed E-state index contributed by atoms with van der Waals surface area (Å²) in [4.78, 5) is 14.9. The van der Waals surface area contributed by atoms with Crippen LogP contribution in [0.2, 0.25) is 0 Å². The van der Waals surface area contributed by atoms with Crippen LogP contribution in [0.15, 0.2) is 126 Å². The van der Waals surface area contributed by atoms with Crippen LogP contribution in [-0.2, 0) is 0 Å². The van der Waals surface area contributed by atoms with Crippen LogP contribution in [0.3, 0.4) is 0 Å². The van der Waals surface area contributed by atoms with Crippen molar-refractivity contribution in [2.45, 2.75) is 0 Å². The van der Waals surface area contributed by atoms with E-state index in [1.165, 1.54) is 38.4 Å². The molecule has 0 aliphatic heterocycles. The van der Waals surface area contributed by atoms with E-state index in [1.54, 1.807) is 0 Å². The van der Waals surface area contributed by atoms with Gasteiger partial charge in [0.15, 0.2) is 17.5 Å². The van der Waals surface area contributed by atoms with E-state index in [0.717, 1.165) is 49.8 Å². The Bertz CT molecular complexity index is 2410. The van der Waals surface area contributed by atoms with Crippen LogP contribution in [0.25, 0.3) is 78.4 Å². The highest BCUT2D eigenvalue weighted by atomic mass is 16.3. The molecule has 0 radical (unpaired) electrons. The minimum Gasteiger partial charge on any atom is -0.455 e. The van der Waals surface area contributed by atoms with Gasteiger partial charge in [-0.2, -0.15) is 0 Å². The topological polar surface area (TPSA) is 51.8 Å². The first-order chi connectivity index (χ1) is 23.4. The van der Waals surface area contributed by atoms with Crippen LogP contribution in [0, 0.1) is 0 Å². The summed E-state index contributed by atoms with van der Waals surface area (Å²) in [6, 6.07) is 41.5. The Morgan fingerprint density at radius 3 is 1.50 bits per heavy atom. The summed E-state index contributed by atoms with van der Waals surface area (Å²) in [5.41, 5.74) is 16.0. The van der Waals surface area contributed by atoms with E-state index in [2.05, 4.69) is 87.8 Å². The number of hydrogen-bond donors (Lipinski definition) is 0. The molecule has 222 valence electrons. The zero-order valence-corrected chi connectivity index (χ0v) is 27.8. The summed E-state index contributed by atoms with van der Waals surface area (Å²) in [7, 11) is 11.2. The van der Waals surface area contributed by atoms with Crippen molar-refractivity contribution in [3.63, 3.8) is 0 Å². The molecule has 0 saturated carbocycles. The van der Waals surface area contributed by atoms with Crippen LogP contribution >= 0.6 is 0 Å². The lowest BCUT2D eigenvalue weighted by molar-refractivity contribution is 0.670. The molecule has 0 amide bonds. The predicted octanol–water partition coefficient (Wildman–Crippen LogP) is 1.40. The second-order valence-electron chi connectivity index (χ2n) is 12.6. The lowest BCUT2D eigenvalue weighted by Crippen LogP contribution is -2.55. The number of para-hydroxylation sites is 1. The summed E-state index contributed by atoms with van der Waals surface area (Å²) in [6.45, 7) is 0. The molecule has 0 spiro atoms. The molecule has 8 aromatic rings. The summed E-state index contributed by atoms with van der Waals surface area (Å²) in [5.74, 6) is 1.88. The van der Waals surface area contributed by atoms with Gasteiger partial charge in [0.2, 0.25) is 0 Å². The molecule has 0 N–H and O–H groups in total. The fraction of sp³-hybridized carbons (Fsp3) is 0. The van der Waals surface area contributed by atoms with Crippen molar-refractivity contribution >= 4 is 88.5 Å². The van der Waals surface area contributed by atoms with Gasteiger partial charge in [0, 0.05) is 33.0 Å². The number of rotatable bonds is 5. The average Bonchev–Trinajstić information content (AvgIpc) is 3.53. The normalized spacial score (nSPS) is 11.3. The van der Waals surface area contributed by atoms with E-state index < -0.39 is 0 Å². The van der Waals surface area contributed by atoms with Gasteiger partial charge in [-0.15, -0.1) is 16.4 Å². The van der Waals surface area contributed by atoms with Gasteiger partial charge in [-0.05, 0) is 22.8 Å². The van der Waals surface area contributed by atoms with Crippen molar-refractivity contribution in [1.82, 2.24) is 15.0 Å². The van der Waals surface area contributed by atoms with Gasteiger partial charge >= 0.3 is 0 Å². The highest BCUT2D eigenvalue weighted by Crippen LogP contribution is 2.40. The van der Waals surface area contributed by atoms with Crippen molar-refractivity contribution in [1.29, 1.82) is 0 Å². The largest absolute Gasteiger partial charge is 0.455 e. The van der Waals surface area contributed by atoms with E-state index >= 15 is 0 Å². The minimum atomic E-state index is 0.611. The SMILES string of the molecule is Bc1c(B)c(B)c(-c2ccc(-c3cccc4c3oc3cccc(-c5nc(-c6ccccc6)nc(-c6ccccc6)n5)c34)cc2)c(B)c1B. The molecule has 8 rings (SSSR count). The molecule has 0 saturated heterocycles. The zero-order valence-electron chi connectivity index (χ0n) is 27.8. The lowest BCUT2D eigenvalue weighted by Gasteiger charge is -2.20. The van der Waals surface area contributed by atoms with Gasteiger partial charge in [0.05, 0.1) is 0 Å². The minimum absolute atomic E-state index is 0.611. The molecule has 0 aliphatic rings. The van der Waals surface area contributed by atoms with Gasteiger partial charge < -0.3 is 4.42 Å². The summed E-state index contributed by atoms with van der Waals surface area (Å²) >= 11 is 0. The molecule has 4 nitrogen and oxygen atoms in total. The van der Waals surface area contributed by atoms with Crippen molar-refractivity contribution in [2.24, 2.45) is 0 Å². The Kier molecular flexibility index (Phi) is 7.41. The molecule has 48 heavy (non-hydrogen) atoms. The Labute approximate surface area is 284 Å². The second kappa shape index (κ2) is 11.9. The van der Waals surface area contributed by atoms with Crippen LogP contribution in [0.5, 0.6) is 0 Å².